The van der Waals surface area contributed by atoms with E-state index in [0.717, 1.165) is 5.56 Å². The van der Waals surface area contributed by atoms with Crippen LogP contribution in [0.3, 0.4) is 0 Å². The summed E-state index contributed by atoms with van der Waals surface area (Å²) >= 11 is 0. The van der Waals surface area contributed by atoms with E-state index in [-0.39, 0.29) is 6.54 Å². The number of benzene rings is 1. The molecule has 0 saturated carbocycles. The first-order chi connectivity index (χ1) is 9.00. The summed E-state index contributed by atoms with van der Waals surface area (Å²) in [4.78, 5) is 0. The van der Waals surface area contributed by atoms with Gasteiger partial charge in [0.15, 0.2) is 0 Å². The predicted octanol–water partition coefficient (Wildman–Crippen LogP) is 0.820. The summed E-state index contributed by atoms with van der Waals surface area (Å²) in [5.41, 5.74) is 0.950. The summed E-state index contributed by atoms with van der Waals surface area (Å²) in [5.74, 6) is 0. The van der Waals surface area contributed by atoms with Gasteiger partial charge < -0.3 is 5.11 Å². The first-order valence-electron chi connectivity index (χ1n) is 6.43. The number of nitrogens with zero attached hydrogens (tertiary/aromatic N) is 2. The van der Waals surface area contributed by atoms with Crippen molar-refractivity contribution in [2.75, 3.05) is 20.1 Å². The van der Waals surface area contributed by atoms with E-state index >= 15 is 0 Å². The van der Waals surface area contributed by atoms with E-state index in [4.69, 9.17) is 0 Å². The van der Waals surface area contributed by atoms with Gasteiger partial charge in [-0.1, -0.05) is 30.3 Å². The molecule has 1 aromatic carbocycles. The van der Waals surface area contributed by atoms with Gasteiger partial charge in [0.2, 0.25) is 0 Å². The minimum atomic E-state index is -3.49. The molecule has 0 aliphatic carbocycles. The molecule has 1 aliphatic rings. The Kier molecular flexibility index (Phi) is 4.57. The maximum absolute atomic E-state index is 12.4. The summed E-state index contributed by atoms with van der Waals surface area (Å²) < 4.78 is 27.5. The molecule has 6 heteroatoms. The van der Waals surface area contributed by atoms with Crippen molar-refractivity contribution >= 4 is 10.2 Å². The highest BCUT2D eigenvalue weighted by molar-refractivity contribution is 7.86. The molecular weight excluding hydrogens is 264 g/mol. The standard InChI is InChI=1S/C13H20N2O3S/c1-14(10-12-6-3-2-4-7-12)19(17,18)15-9-5-8-13(16)11-15/h2-4,6-7,13,16H,5,8-11H2,1H3. The van der Waals surface area contributed by atoms with Gasteiger partial charge in [-0.05, 0) is 18.4 Å². The summed E-state index contributed by atoms with van der Waals surface area (Å²) in [5, 5.41) is 9.59. The summed E-state index contributed by atoms with van der Waals surface area (Å²) in [6.45, 7) is 1.02. The Morgan fingerprint density at radius 1 is 1.37 bits per heavy atom. The van der Waals surface area contributed by atoms with E-state index in [1.807, 2.05) is 30.3 Å². The van der Waals surface area contributed by atoms with Gasteiger partial charge in [-0.3, -0.25) is 0 Å². The third-order valence-electron chi connectivity index (χ3n) is 3.33. The van der Waals surface area contributed by atoms with E-state index in [1.54, 1.807) is 7.05 Å². The molecule has 5 nitrogen and oxygen atoms in total. The monoisotopic (exact) mass is 284 g/mol. The molecule has 106 valence electrons. The van der Waals surface area contributed by atoms with E-state index in [0.29, 0.717) is 25.9 Å². The van der Waals surface area contributed by atoms with Crippen LogP contribution in [-0.2, 0) is 16.8 Å². The van der Waals surface area contributed by atoms with Crippen molar-refractivity contribution in [3.8, 4) is 0 Å². The van der Waals surface area contributed by atoms with Crippen molar-refractivity contribution in [3.63, 3.8) is 0 Å². The zero-order valence-corrected chi connectivity index (χ0v) is 11.9. The van der Waals surface area contributed by atoms with Gasteiger partial charge >= 0.3 is 0 Å². The van der Waals surface area contributed by atoms with Crippen molar-refractivity contribution in [2.45, 2.75) is 25.5 Å². The smallest absolute Gasteiger partial charge is 0.282 e. The SMILES string of the molecule is CN(Cc1ccccc1)S(=O)(=O)N1CCCC(O)C1. The highest BCUT2D eigenvalue weighted by Gasteiger charge is 2.31. The van der Waals surface area contributed by atoms with Crippen LogP contribution in [0.4, 0.5) is 0 Å². The van der Waals surface area contributed by atoms with Gasteiger partial charge in [0.1, 0.15) is 0 Å². The Morgan fingerprint density at radius 3 is 2.68 bits per heavy atom. The normalized spacial score (nSPS) is 21.7. The van der Waals surface area contributed by atoms with Crippen LogP contribution < -0.4 is 0 Å². The molecule has 1 fully saturated rings. The molecule has 0 bridgehead atoms. The van der Waals surface area contributed by atoms with Crippen LogP contribution in [0.5, 0.6) is 0 Å². The lowest BCUT2D eigenvalue weighted by Gasteiger charge is -2.32. The second-order valence-corrected chi connectivity index (χ2v) is 6.94. The molecule has 0 amide bonds. The van der Waals surface area contributed by atoms with Gasteiger partial charge in [0.05, 0.1) is 6.10 Å². The van der Waals surface area contributed by atoms with Crippen molar-refractivity contribution < 1.29 is 13.5 Å². The Hall–Kier alpha value is -0.950. The van der Waals surface area contributed by atoms with Crippen molar-refractivity contribution in [2.24, 2.45) is 0 Å². The molecule has 1 aliphatic heterocycles. The van der Waals surface area contributed by atoms with Gasteiger partial charge in [0, 0.05) is 26.7 Å². The van der Waals surface area contributed by atoms with Crippen molar-refractivity contribution in [1.82, 2.24) is 8.61 Å². The highest BCUT2D eigenvalue weighted by atomic mass is 32.2. The van der Waals surface area contributed by atoms with Crippen LogP contribution in [0.2, 0.25) is 0 Å². The van der Waals surface area contributed by atoms with Gasteiger partial charge in [-0.2, -0.15) is 17.0 Å². The zero-order chi connectivity index (χ0) is 13.9. The third-order valence-corrected chi connectivity index (χ3v) is 5.23. The van der Waals surface area contributed by atoms with Crippen molar-refractivity contribution in [3.05, 3.63) is 35.9 Å². The fourth-order valence-corrected chi connectivity index (χ4v) is 3.68. The third kappa shape index (κ3) is 3.54. The minimum Gasteiger partial charge on any atom is -0.392 e. The first kappa shape index (κ1) is 14.5. The van der Waals surface area contributed by atoms with E-state index < -0.39 is 16.3 Å². The average Bonchev–Trinajstić information content (AvgIpc) is 2.40. The molecule has 1 unspecified atom stereocenters. The predicted molar refractivity (Wildman–Crippen MR) is 73.6 cm³/mol. The second kappa shape index (κ2) is 6.00. The Bertz CT molecular complexity index is 504. The highest BCUT2D eigenvalue weighted by Crippen LogP contribution is 2.17. The largest absolute Gasteiger partial charge is 0.392 e. The maximum atomic E-state index is 12.4. The quantitative estimate of drug-likeness (QED) is 0.890. The Morgan fingerprint density at radius 2 is 2.05 bits per heavy atom. The van der Waals surface area contributed by atoms with Gasteiger partial charge in [0.25, 0.3) is 10.2 Å². The molecule has 1 aromatic rings. The molecule has 0 aromatic heterocycles. The van der Waals surface area contributed by atoms with E-state index in [9.17, 15) is 13.5 Å². The molecule has 1 N–H and O–H groups in total. The number of hydrogen-bond donors (Lipinski definition) is 1. The lowest BCUT2D eigenvalue weighted by molar-refractivity contribution is 0.105. The fourth-order valence-electron chi connectivity index (χ4n) is 2.25. The van der Waals surface area contributed by atoms with Crippen LogP contribution in [0.1, 0.15) is 18.4 Å². The molecular formula is C13H20N2O3S. The summed E-state index contributed by atoms with van der Waals surface area (Å²) in [6.07, 6.45) is 0.835. The molecule has 0 spiro atoms. The molecule has 1 atom stereocenters. The molecule has 0 radical (unpaired) electrons. The number of rotatable bonds is 4. The summed E-state index contributed by atoms with van der Waals surface area (Å²) in [6, 6.07) is 9.48. The maximum Gasteiger partial charge on any atom is 0.282 e. The number of hydrogen-bond acceptors (Lipinski definition) is 3. The number of β-amino-alcohol motifs (C(OH)–C–C–N with tert-alkyl or cyclic N) is 1. The molecule has 19 heavy (non-hydrogen) atoms. The second-order valence-electron chi connectivity index (χ2n) is 4.90. The minimum absolute atomic E-state index is 0.196. The number of aliphatic hydroxyl groups excluding tert-OH is 1. The van der Waals surface area contributed by atoms with Crippen molar-refractivity contribution in [1.29, 1.82) is 0 Å². The van der Waals surface area contributed by atoms with E-state index in [1.165, 1.54) is 8.61 Å². The zero-order valence-electron chi connectivity index (χ0n) is 11.1. The van der Waals surface area contributed by atoms with E-state index in [2.05, 4.69) is 0 Å². The number of aliphatic hydroxyl groups is 1. The van der Waals surface area contributed by atoms with Crippen LogP contribution in [0.15, 0.2) is 30.3 Å². The van der Waals surface area contributed by atoms with Gasteiger partial charge in [-0.25, -0.2) is 0 Å². The number of piperidine rings is 1. The fraction of sp³-hybridized carbons (Fsp3) is 0.538. The Labute approximate surface area is 114 Å². The average molecular weight is 284 g/mol. The molecule has 2 rings (SSSR count). The topological polar surface area (TPSA) is 60.9 Å². The lowest BCUT2D eigenvalue weighted by atomic mass is 10.1. The Balaban J connectivity index is 2.06. The lowest BCUT2D eigenvalue weighted by Crippen LogP contribution is -2.47. The molecule has 1 heterocycles. The van der Waals surface area contributed by atoms with Crippen LogP contribution in [0, 0.1) is 0 Å². The van der Waals surface area contributed by atoms with Crippen LogP contribution in [-0.4, -0.2) is 48.4 Å². The van der Waals surface area contributed by atoms with Crippen LogP contribution >= 0.6 is 0 Å². The summed E-state index contributed by atoms with van der Waals surface area (Å²) in [7, 11) is -1.91. The first-order valence-corrected chi connectivity index (χ1v) is 7.83. The van der Waals surface area contributed by atoms with Gasteiger partial charge in [-0.15, -0.1) is 0 Å². The van der Waals surface area contributed by atoms with Crippen LogP contribution in [0.25, 0.3) is 0 Å². The molecule has 1 saturated heterocycles.